The minimum atomic E-state index is 0.691. The lowest BCUT2D eigenvalue weighted by molar-refractivity contribution is 0.482. The molecule has 0 atom stereocenters. The number of hydrogen-bond acceptors (Lipinski definition) is 3. The Morgan fingerprint density at radius 2 is 1.50 bits per heavy atom. The van der Waals surface area contributed by atoms with Crippen LogP contribution in [-0.4, -0.2) is 4.98 Å². The fraction of sp³-hybridized carbons (Fsp3) is 0.267. The molecule has 3 nitrogen and oxygen atoms in total. The highest BCUT2D eigenvalue weighted by atomic mass is 16.5. The van der Waals surface area contributed by atoms with Crippen molar-refractivity contribution >= 4 is 5.69 Å². The molecule has 0 bridgehead atoms. The molecule has 0 aliphatic rings. The summed E-state index contributed by atoms with van der Waals surface area (Å²) in [5.74, 6) is 1.49. The largest absolute Gasteiger partial charge is 0.457 e. The Bertz CT molecular complexity index is 416. The van der Waals surface area contributed by atoms with Gasteiger partial charge in [0.2, 0.25) is 0 Å². The first kappa shape index (κ1) is 16.0. The van der Waals surface area contributed by atoms with E-state index in [1.165, 1.54) is 0 Å². The van der Waals surface area contributed by atoms with Crippen LogP contribution >= 0.6 is 0 Å². The molecule has 0 spiro atoms. The van der Waals surface area contributed by atoms with E-state index in [0.717, 1.165) is 11.5 Å². The van der Waals surface area contributed by atoms with Gasteiger partial charge in [-0.25, -0.2) is 0 Å². The highest BCUT2D eigenvalue weighted by Gasteiger charge is 1.95. The Hall–Kier alpha value is -2.03. The Labute approximate surface area is 110 Å². The number of nitrogens with zero attached hydrogens (tertiary/aromatic N) is 1. The van der Waals surface area contributed by atoms with Gasteiger partial charge in [-0.1, -0.05) is 33.8 Å². The number of rotatable bonds is 2. The van der Waals surface area contributed by atoms with Crippen LogP contribution in [0.3, 0.4) is 0 Å². The number of ether oxygens (including phenoxy) is 1. The number of aromatic nitrogens is 1. The van der Waals surface area contributed by atoms with Crippen LogP contribution in [0.1, 0.15) is 27.7 Å². The minimum absolute atomic E-state index is 0.691. The van der Waals surface area contributed by atoms with Gasteiger partial charge in [0.25, 0.3) is 0 Å². The summed E-state index contributed by atoms with van der Waals surface area (Å²) in [6.45, 7) is 8.00. The molecule has 2 N–H and O–H groups in total. The quantitative estimate of drug-likeness (QED) is 0.793. The summed E-state index contributed by atoms with van der Waals surface area (Å²) < 4.78 is 5.54. The molecular formula is C15H22N2O. The Balaban J connectivity index is 0.000000659. The third-order valence-corrected chi connectivity index (χ3v) is 1.74. The van der Waals surface area contributed by atoms with Gasteiger partial charge in [0.05, 0.1) is 0 Å². The summed E-state index contributed by atoms with van der Waals surface area (Å²) in [5.41, 5.74) is 6.31. The van der Waals surface area contributed by atoms with E-state index in [4.69, 9.17) is 10.5 Å². The van der Waals surface area contributed by atoms with Gasteiger partial charge in [-0.15, -0.1) is 0 Å². The summed E-state index contributed by atoms with van der Waals surface area (Å²) in [5, 5.41) is 0. The zero-order valence-electron chi connectivity index (χ0n) is 11.6. The number of pyridine rings is 1. The lowest BCUT2D eigenvalue weighted by atomic mass is 10.3. The molecule has 0 aliphatic carbocycles. The van der Waals surface area contributed by atoms with Gasteiger partial charge in [0, 0.05) is 24.1 Å². The van der Waals surface area contributed by atoms with Gasteiger partial charge >= 0.3 is 0 Å². The van der Waals surface area contributed by atoms with Crippen molar-refractivity contribution in [2.45, 2.75) is 27.7 Å². The van der Waals surface area contributed by atoms with Crippen molar-refractivity contribution in [2.24, 2.45) is 0 Å². The van der Waals surface area contributed by atoms with Crippen LogP contribution in [0.5, 0.6) is 11.5 Å². The lowest BCUT2D eigenvalue weighted by Crippen LogP contribution is -1.87. The first-order chi connectivity index (χ1) is 8.84. The van der Waals surface area contributed by atoms with Crippen LogP contribution in [0.2, 0.25) is 0 Å². The maximum absolute atomic E-state index is 5.62. The molecule has 98 valence electrons. The monoisotopic (exact) mass is 246 g/mol. The zero-order chi connectivity index (χ0) is 13.8. The van der Waals surface area contributed by atoms with E-state index < -0.39 is 0 Å². The second kappa shape index (κ2) is 10.1. The summed E-state index contributed by atoms with van der Waals surface area (Å²) in [7, 11) is 0. The third kappa shape index (κ3) is 5.89. The molecule has 1 aromatic heterocycles. The number of hydrogen-bond donors (Lipinski definition) is 1. The average molecular weight is 246 g/mol. The van der Waals surface area contributed by atoms with Crippen molar-refractivity contribution in [3.63, 3.8) is 0 Å². The summed E-state index contributed by atoms with van der Waals surface area (Å²) in [6.07, 6.45) is 3.36. The van der Waals surface area contributed by atoms with E-state index in [2.05, 4.69) is 4.98 Å². The molecule has 0 radical (unpaired) electrons. The average Bonchev–Trinajstić information content (AvgIpc) is 2.44. The number of anilines is 1. The molecule has 0 fully saturated rings. The maximum atomic E-state index is 5.62. The van der Waals surface area contributed by atoms with Gasteiger partial charge in [0.15, 0.2) is 0 Å². The molecule has 2 aromatic rings. The van der Waals surface area contributed by atoms with Crippen molar-refractivity contribution in [3.8, 4) is 11.5 Å². The zero-order valence-corrected chi connectivity index (χ0v) is 11.6. The minimum Gasteiger partial charge on any atom is -0.457 e. The fourth-order valence-electron chi connectivity index (χ4n) is 1.12. The molecule has 18 heavy (non-hydrogen) atoms. The van der Waals surface area contributed by atoms with Crippen LogP contribution < -0.4 is 10.5 Å². The van der Waals surface area contributed by atoms with Crippen LogP contribution in [0.25, 0.3) is 0 Å². The predicted octanol–water partition coefficient (Wildman–Crippen LogP) is 4.51. The SMILES string of the molecule is CC.CC.Nc1cccc(Oc2ccncc2)c1. The van der Waals surface area contributed by atoms with E-state index >= 15 is 0 Å². The molecule has 0 amide bonds. The predicted molar refractivity (Wildman–Crippen MR) is 77.9 cm³/mol. The topological polar surface area (TPSA) is 48.1 Å². The van der Waals surface area contributed by atoms with Crippen LogP contribution in [0.4, 0.5) is 5.69 Å². The van der Waals surface area contributed by atoms with Gasteiger partial charge < -0.3 is 10.5 Å². The number of benzene rings is 1. The summed E-state index contributed by atoms with van der Waals surface area (Å²) in [6, 6.07) is 10.9. The van der Waals surface area contributed by atoms with Crippen LogP contribution in [-0.2, 0) is 0 Å². The van der Waals surface area contributed by atoms with Crippen molar-refractivity contribution in [2.75, 3.05) is 5.73 Å². The molecular weight excluding hydrogens is 224 g/mol. The van der Waals surface area contributed by atoms with Gasteiger partial charge in [-0.05, 0) is 24.3 Å². The van der Waals surface area contributed by atoms with Gasteiger partial charge in [-0.3, -0.25) is 4.98 Å². The van der Waals surface area contributed by atoms with Crippen molar-refractivity contribution < 1.29 is 4.74 Å². The molecule has 0 unspecified atom stereocenters. The van der Waals surface area contributed by atoms with E-state index in [1.54, 1.807) is 30.6 Å². The third-order valence-electron chi connectivity index (χ3n) is 1.74. The Morgan fingerprint density at radius 3 is 2.06 bits per heavy atom. The standard InChI is InChI=1S/C11H10N2O.2C2H6/c12-9-2-1-3-11(8-9)14-10-4-6-13-7-5-10;2*1-2/h1-8H,12H2;2*1-2H3. The number of nitrogen functional groups attached to an aromatic ring is 1. The van der Waals surface area contributed by atoms with E-state index in [9.17, 15) is 0 Å². The van der Waals surface area contributed by atoms with Gasteiger partial charge in [-0.2, -0.15) is 0 Å². The van der Waals surface area contributed by atoms with E-state index in [0.29, 0.717) is 5.69 Å². The highest BCUT2D eigenvalue weighted by molar-refractivity contribution is 5.44. The second-order valence-electron chi connectivity index (χ2n) is 2.86. The molecule has 1 aromatic carbocycles. The summed E-state index contributed by atoms with van der Waals surface area (Å²) >= 11 is 0. The molecule has 1 heterocycles. The first-order valence-electron chi connectivity index (χ1n) is 6.28. The van der Waals surface area contributed by atoms with Crippen LogP contribution in [0, 0.1) is 0 Å². The Morgan fingerprint density at radius 1 is 0.889 bits per heavy atom. The number of nitrogens with two attached hydrogens (primary N) is 1. The lowest BCUT2D eigenvalue weighted by Gasteiger charge is -2.04. The second-order valence-corrected chi connectivity index (χ2v) is 2.86. The fourth-order valence-corrected chi connectivity index (χ4v) is 1.12. The molecule has 0 saturated heterocycles. The molecule has 0 aliphatic heterocycles. The maximum Gasteiger partial charge on any atom is 0.130 e. The normalized spacial score (nSPS) is 8.22. The van der Waals surface area contributed by atoms with Crippen molar-refractivity contribution in [1.82, 2.24) is 4.98 Å². The van der Waals surface area contributed by atoms with Crippen molar-refractivity contribution in [1.29, 1.82) is 0 Å². The van der Waals surface area contributed by atoms with Crippen molar-refractivity contribution in [3.05, 3.63) is 48.8 Å². The smallest absolute Gasteiger partial charge is 0.130 e. The van der Waals surface area contributed by atoms with Crippen LogP contribution in [0.15, 0.2) is 48.8 Å². The summed E-state index contributed by atoms with van der Waals surface area (Å²) in [4.78, 5) is 3.90. The first-order valence-corrected chi connectivity index (χ1v) is 6.28. The van der Waals surface area contributed by atoms with Gasteiger partial charge in [0.1, 0.15) is 11.5 Å². The Kier molecular flexibility index (Phi) is 9.00. The highest BCUT2D eigenvalue weighted by Crippen LogP contribution is 2.21. The van der Waals surface area contributed by atoms with E-state index in [1.807, 2.05) is 45.9 Å². The molecule has 0 saturated carbocycles. The molecule has 2 rings (SSSR count). The van der Waals surface area contributed by atoms with E-state index in [-0.39, 0.29) is 0 Å². The molecule has 3 heteroatoms.